The molecule has 2 aromatic heterocycles. The van der Waals surface area contributed by atoms with Gasteiger partial charge in [-0.05, 0) is 25.1 Å². The van der Waals surface area contributed by atoms with Crippen LogP contribution < -0.4 is 5.43 Å². The van der Waals surface area contributed by atoms with E-state index in [0.717, 1.165) is 12.1 Å². The van der Waals surface area contributed by atoms with Gasteiger partial charge in [-0.1, -0.05) is 19.9 Å². The zero-order chi connectivity index (χ0) is 14.9. The Balaban J connectivity index is 0.000000704. The number of nitrogens with zero attached hydrogens (tertiary/aromatic N) is 1. The third-order valence-electron chi connectivity index (χ3n) is 3.13. The number of pyridine rings is 2. The topological polar surface area (TPSA) is 21.5 Å². The number of aryl methyl sites for hydroxylation is 1. The van der Waals surface area contributed by atoms with Gasteiger partial charge in [0.25, 0.3) is 0 Å². The van der Waals surface area contributed by atoms with Crippen molar-refractivity contribution in [2.75, 3.05) is 0 Å². The zero-order valence-corrected chi connectivity index (χ0v) is 11.6. The normalized spacial score (nSPS) is 10.4. The van der Waals surface area contributed by atoms with Gasteiger partial charge in [-0.2, -0.15) is 0 Å². The molecule has 0 radical (unpaired) electrons. The van der Waals surface area contributed by atoms with Crippen molar-refractivity contribution in [3.63, 3.8) is 0 Å². The quantitative estimate of drug-likeness (QED) is 0.567. The van der Waals surface area contributed by atoms with Crippen LogP contribution in [0.5, 0.6) is 0 Å². The number of rotatable bonds is 0. The highest BCUT2D eigenvalue weighted by Gasteiger charge is 2.12. The Bertz CT molecular complexity index is 837. The van der Waals surface area contributed by atoms with Crippen molar-refractivity contribution in [2.45, 2.75) is 20.8 Å². The molecule has 0 aliphatic carbocycles. The molecule has 0 saturated carbocycles. The monoisotopic (exact) mass is 275 g/mol. The van der Waals surface area contributed by atoms with Crippen LogP contribution in [0, 0.1) is 18.6 Å². The Labute approximate surface area is 115 Å². The van der Waals surface area contributed by atoms with Crippen molar-refractivity contribution in [2.24, 2.45) is 0 Å². The number of hydrogen-bond acceptors (Lipinski definition) is 1. The first-order valence-electron chi connectivity index (χ1n) is 6.48. The van der Waals surface area contributed by atoms with Gasteiger partial charge in [0.2, 0.25) is 0 Å². The van der Waals surface area contributed by atoms with Gasteiger partial charge in [-0.3, -0.25) is 4.79 Å². The van der Waals surface area contributed by atoms with E-state index < -0.39 is 11.6 Å². The second-order valence-electron chi connectivity index (χ2n) is 4.19. The largest absolute Gasteiger partial charge is 0.316 e. The van der Waals surface area contributed by atoms with E-state index in [-0.39, 0.29) is 10.8 Å². The summed E-state index contributed by atoms with van der Waals surface area (Å²) in [4.78, 5) is 12.1. The summed E-state index contributed by atoms with van der Waals surface area (Å²) in [6.45, 7) is 5.68. The second kappa shape index (κ2) is 5.41. The molecule has 0 amide bonds. The molecule has 3 aromatic rings. The van der Waals surface area contributed by atoms with Crippen molar-refractivity contribution < 1.29 is 8.78 Å². The molecule has 0 fully saturated rings. The Morgan fingerprint density at radius 1 is 1.00 bits per heavy atom. The van der Waals surface area contributed by atoms with Gasteiger partial charge in [0.05, 0.1) is 11.0 Å². The maximum Gasteiger partial charge on any atom is 0.193 e. The second-order valence-corrected chi connectivity index (χ2v) is 4.19. The predicted octanol–water partition coefficient (Wildman–Crippen LogP) is 4.07. The molecule has 0 atom stereocenters. The third kappa shape index (κ3) is 2.07. The summed E-state index contributed by atoms with van der Waals surface area (Å²) in [5.41, 5.74) is 1.32. The van der Waals surface area contributed by atoms with Gasteiger partial charge in [-0.25, -0.2) is 8.78 Å². The van der Waals surface area contributed by atoms with E-state index in [4.69, 9.17) is 0 Å². The number of hydrogen-bond donors (Lipinski definition) is 0. The molecule has 1 aromatic carbocycles. The van der Waals surface area contributed by atoms with E-state index in [9.17, 15) is 13.6 Å². The molecule has 2 nitrogen and oxygen atoms in total. The molecule has 104 valence electrons. The fraction of sp³-hybridized carbons (Fsp3) is 0.188. The predicted molar refractivity (Wildman–Crippen MR) is 77.2 cm³/mol. The van der Waals surface area contributed by atoms with E-state index in [0.29, 0.717) is 16.6 Å². The van der Waals surface area contributed by atoms with Crippen LogP contribution in [0.25, 0.3) is 16.4 Å². The van der Waals surface area contributed by atoms with E-state index in [2.05, 4.69) is 0 Å². The van der Waals surface area contributed by atoms with Crippen molar-refractivity contribution in [1.29, 1.82) is 0 Å². The summed E-state index contributed by atoms with van der Waals surface area (Å²) in [6, 6.07) is 7.36. The third-order valence-corrected chi connectivity index (χ3v) is 3.13. The average Bonchev–Trinajstić information content (AvgIpc) is 2.49. The lowest BCUT2D eigenvalue weighted by Crippen LogP contribution is -2.11. The maximum atomic E-state index is 13.3. The molecule has 0 saturated heterocycles. The fourth-order valence-electron chi connectivity index (χ4n) is 2.19. The fourth-order valence-corrected chi connectivity index (χ4v) is 2.19. The van der Waals surface area contributed by atoms with Crippen molar-refractivity contribution >= 4 is 16.4 Å². The Morgan fingerprint density at radius 3 is 2.35 bits per heavy atom. The molecule has 0 bridgehead atoms. The van der Waals surface area contributed by atoms with Crippen LogP contribution in [0.3, 0.4) is 0 Å². The van der Waals surface area contributed by atoms with Crippen LogP contribution in [-0.4, -0.2) is 4.40 Å². The molecule has 0 spiro atoms. The van der Waals surface area contributed by atoms with E-state index in [1.807, 2.05) is 13.8 Å². The number of fused-ring (bicyclic) bond motifs is 3. The molecule has 3 rings (SSSR count). The van der Waals surface area contributed by atoms with Gasteiger partial charge in [0.1, 0.15) is 0 Å². The SMILES string of the molecule is CC.Cc1c(=O)c2cc(F)c(F)cc2n2ccccc12. The first-order valence-corrected chi connectivity index (χ1v) is 6.48. The summed E-state index contributed by atoms with van der Waals surface area (Å²) in [5, 5.41) is 0.190. The van der Waals surface area contributed by atoms with Crippen LogP contribution in [0.2, 0.25) is 0 Å². The number of aromatic nitrogens is 1. The molecular weight excluding hydrogens is 260 g/mol. The van der Waals surface area contributed by atoms with Crippen LogP contribution in [0.4, 0.5) is 8.78 Å². The maximum absolute atomic E-state index is 13.3. The van der Waals surface area contributed by atoms with Gasteiger partial charge in [0, 0.05) is 23.2 Å². The van der Waals surface area contributed by atoms with Gasteiger partial charge in [0.15, 0.2) is 17.1 Å². The van der Waals surface area contributed by atoms with E-state index >= 15 is 0 Å². The molecule has 0 unspecified atom stereocenters. The highest BCUT2D eigenvalue weighted by atomic mass is 19.2. The van der Waals surface area contributed by atoms with Crippen LogP contribution in [-0.2, 0) is 0 Å². The highest BCUT2D eigenvalue weighted by molar-refractivity contribution is 5.84. The lowest BCUT2D eigenvalue weighted by molar-refractivity contribution is 0.510. The number of benzene rings is 1. The minimum absolute atomic E-state index is 0.190. The summed E-state index contributed by atoms with van der Waals surface area (Å²) < 4.78 is 28.2. The summed E-state index contributed by atoms with van der Waals surface area (Å²) in [6.07, 6.45) is 1.72. The van der Waals surface area contributed by atoms with Crippen LogP contribution in [0.1, 0.15) is 19.4 Å². The molecule has 0 N–H and O–H groups in total. The molecule has 0 aliphatic heterocycles. The van der Waals surface area contributed by atoms with E-state index in [1.165, 1.54) is 0 Å². The molecular formula is C16H15F2NO. The zero-order valence-electron chi connectivity index (χ0n) is 11.6. The van der Waals surface area contributed by atoms with E-state index in [1.54, 1.807) is 35.7 Å². The molecule has 20 heavy (non-hydrogen) atoms. The molecule has 2 heterocycles. The number of halogens is 2. The van der Waals surface area contributed by atoms with Crippen LogP contribution in [0.15, 0.2) is 41.3 Å². The summed E-state index contributed by atoms with van der Waals surface area (Å²) in [7, 11) is 0. The van der Waals surface area contributed by atoms with Crippen molar-refractivity contribution in [3.8, 4) is 0 Å². The summed E-state index contributed by atoms with van der Waals surface area (Å²) >= 11 is 0. The summed E-state index contributed by atoms with van der Waals surface area (Å²) in [5.74, 6) is -1.96. The first-order chi connectivity index (χ1) is 9.59. The minimum Gasteiger partial charge on any atom is -0.316 e. The van der Waals surface area contributed by atoms with Crippen LogP contribution >= 0.6 is 0 Å². The standard InChI is InChI=1S/C14H9F2NO.C2H6/c1-8-12-4-2-3-5-17(12)13-7-11(16)10(15)6-9(13)14(8)18;1-2/h2-7H,1H3;1-2H3. The molecule has 0 aliphatic rings. The van der Waals surface area contributed by atoms with Gasteiger partial charge in [-0.15, -0.1) is 0 Å². The Hall–Kier alpha value is -2.23. The first kappa shape index (κ1) is 14.2. The smallest absolute Gasteiger partial charge is 0.193 e. The minimum atomic E-state index is -1.00. The van der Waals surface area contributed by atoms with Crippen molar-refractivity contribution in [1.82, 2.24) is 4.40 Å². The Kier molecular flexibility index (Phi) is 3.84. The highest BCUT2D eigenvalue weighted by Crippen LogP contribution is 2.19. The van der Waals surface area contributed by atoms with Gasteiger partial charge < -0.3 is 4.40 Å². The average molecular weight is 275 g/mol. The lowest BCUT2D eigenvalue weighted by Gasteiger charge is -2.09. The van der Waals surface area contributed by atoms with Gasteiger partial charge >= 0.3 is 0 Å². The van der Waals surface area contributed by atoms with Crippen molar-refractivity contribution in [3.05, 3.63) is 63.9 Å². The lowest BCUT2D eigenvalue weighted by atomic mass is 10.1. The Morgan fingerprint density at radius 2 is 1.65 bits per heavy atom. The molecule has 4 heteroatoms.